The summed E-state index contributed by atoms with van der Waals surface area (Å²) in [5.74, 6) is 0. The number of aromatic nitrogens is 2. The zero-order valence-electron chi connectivity index (χ0n) is 19.2. The summed E-state index contributed by atoms with van der Waals surface area (Å²) in [4.78, 5) is 6.90. The zero-order valence-corrected chi connectivity index (χ0v) is 20.0. The third kappa shape index (κ3) is 3.79. The van der Waals surface area contributed by atoms with Gasteiger partial charge < -0.3 is 19.5 Å². The summed E-state index contributed by atoms with van der Waals surface area (Å²) < 4.78 is 7.77. The quantitative estimate of drug-likeness (QED) is 0.401. The molecule has 0 saturated carbocycles. The molecule has 1 N–H and O–H groups in total. The lowest BCUT2D eigenvalue weighted by Crippen LogP contribution is -2.32. The Morgan fingerprint density at radius 3 is 2.61 bits per heavy atom. The van der Waals surface area contributed by atoms with Crippen LogP contribution in [0.2, 0.25) is 0 Å². The summed E-state index contributed by atoms with van der Waals surface area (Å²) in [5, 5.41) is 6.75. The topological polar surface area (TPSA) is 42.3 Å². The van der Waals surface area contributed by atoms with Gasteiger partial charge in [-0.15, -0.1) is 0 Å². The lowest BCUT2D eigenvalue weighted by molar-refractivity contribution is 0.164. The number of hydrogen-bond acceptors (Lipinski definition) is 3. The first-order valence-electron chi connectivity index (χ1n) is 11.2. The highest BCUT2D eigenvalue weighted by Crippen LogP contribution is 2.41. The van der Waals surface area contributed by atoms with Gasteiger partial charge in [-0.3, -0.25) is 4.98 Å². The van der Waals surface area contributed by atoms with Crippen LogP contribution in [0.4, 0.5) is 0 Å². The molecular weight excluding hydrogens is 428 g/mol. The van der Waals surface area contributed by atoms with Crippen molar-refractivity contribution in [1.82, 2.24) is 19.8 Å². The molecule has 0 bridgehead atoms. The number of aryl methyl sites for hydroxylation is 1. The molecule has 0 unspecified atom stereocenters. The average Bonchev–Trinajstić information content (AvgIpc) is 3.32. The Balaban J connectivity index is 1.66. The van der Waals surface area contributed by atoms with E-state index in [1.54, 1.807) is 7.11 Å². The minimum Gasteiger partial charge on any atom is -0.383 e. The van der Waals surface area contributed by atoms with E-state index in [4.69, 9.17) is 17.0 Å². The predicted octanol–water partition coefficient (Wildman–Crippen LogP) is 5.26. The van der Waals surface area contributed by atoms with Crippen molar-refractivity contribution in [3.8, 4) is 5.69 Å². The highest BCUT2D eigenvalue weighted by atomic mass is 32.1. The molecule has 0 amide bonds. The van der Waals surface area contributed by atoms with E-state index in [0.29, 0.717) is 13.2 Å². The second kappa shape index (κ2) is 8.96. The maximum absolute atomic E-state index is 5.77. The molecule has 1 saturated heterocycles. The SMILES string of the molecule is COCCN1C(=S)N[C@@H](c2ccccn2)[C@@H]1c1cc(C)n(-c2cccc3ccccc23)c1C. The molecule has 6 heteroatoms. The van der Waals surface area contributed by atoms with Gasteiger partial charge in [0.25, 0.3) is 0 Å². The lowest BCUT2D eigenvalue weighted by Gasteiger charge is -2.28. The number of methoxy groups -OCH3 is 1. The summed E-state index contributed by atoms with van der Waals surface area (Å²) in [6.45, 7) is 5.70. The molecule has 5 rings (SSSR count). The van der Waals surface area contributed by atoms with Crippen LogP contribution >= 0.6 is 12.2 Å². The van der Waals surface area contributed by atoms with E-state index in [-0.39, 0.29) is 12.1 Å². The molecule has 0 spiro atoms. The Bertz CT molecular complexity index is 1290. The predicted molar refractivity (Wildman–Crippen MR) is 137 cm³/mol. The van der Waals surface area contributed by atoms with Gasteiger partial charge in [0.2, 0.25) is 0 Å². The van der Waals surface area contributed by atoms with Gasteiger partial charge >= 0.3 is 0 Å². The molecule has 168 valence electrons. The maximum atomic E-state index is 5.77. The first-order chi connectivity index (χ1) is 16.1. The van der Waals surface area contributed by atoms with Crippen molar-refractivity contribution in [1.29, 1.82) is 0 Å². The number of benzene rings is 2. The molecule has 4 aromatic rings. The van der Waals surface area contributed by atoms with Crippen molar-refractivity contribution in [3.63, 3.8) is 0 Å². The Hall–Kier alpha value is -3.22. The van der Waals surface area contributed by atoms with E-state index in [0.717, 1.165) is 10.8 Å². The third-order valence-corrected chi connectivity index (χ3v) is 6.88. The number of fused-ring (bicyclic) bond motifs is 1. The summed E-state index contributed by atoms with van der Waals surface area (Å²) in [5.41, 5.74) is 5.84. The van der Waals surface area contributed by atoms with Gasteiger partial charge in [0.1, 0.15) is 0 Å². The van der Waals surface area contributed by atoms with E-state index in [1.807, 2.05) is 18.3 Å². The molecule has 5 nitrogen and oxygen atoms in total. The first-order valence-corrected chi connectivity index (χ1v) is 11.6. The van der Waals surface area contributed by atoms with Crippen LogP contribution < -0.4 is 5.32 Å². The van der Waals surface area contributed by atoms with Crippen LogP contribution in [-0.2, 0) is 4.74 Å². The fourth-order valence-corrected chi connectivity index (χ4v) is 5.37. The van der Waals surface area contributed by atoms with Gasteiger partial charge in [0.15, 0.2) is 5.11 Å². The van der Waals surface area contributed by atoms with E-state index in [2.05, 4.69) is 88.2 Å². The van der Waals surface area contributed by atoms with Crippen LogP contribution in [0.5, 0.6) is 0 Å². The minimum absolute atomic E-state index is 0.0254. The van der Waals surface area contributed by atoms with Crippen molar-refractivity contribution in [2.24, 2.45) is 0 Å². The summed E-state index contributed by atoms with van der Waals surface area (Å²) in [6.07, 6.45) is 1.84. The number of rotatable bonds is 6. The number of pyridine rings is 1. The van der Waals surface area contributed by atoms with Crippen LogP contribution in [0.25, 0.3) is 16.5 Å². The van der Waals surface area contributed by atoms with E-state index in [9.17, 15) is 0 Å². The van der Waals surface area contributed by atoms with Crippen molar-refractivity contribution in [2.75, 3.05) is 20.3 Å². The minimum atomic E-state index is -0.0305. The number of hydrogen-bond donors (Lipinski definition) is 1. The van der Waals surface area contributed by atoms with Gasteiger partial charge in [-0.25, -0.2) is 0 Å². The first kappa shape index (κ1) is 21.6. The zero-order chi connectivity index (χ0) is 22.9. The summed E-state index contributed by atoms with van der Waals surface area (Å²) >= 11 is 5.77. The summed E-state index contributed by atoms with van der Waals surface area (Å²) in [7, 11) is 1.73. The van der Waals surface area contributed by atoms with E-state index < -0.39 is 0 Å². The maximum Gasteiger partial charge on any atom is 0.170 e. The second-order valence-electron chi connectivity index (χ2n) is 8.47. The number of thiocarbonyl (C=S) groups is 1. The van der Waals surface area contributed by atoms with Crippen LogP contribution in [0.3, 0.4) is 0 Å². The smallest absolute Gasteiger partial charge is 0.170 e. The number of nitrogens with one attached hydrogen (secondary N) is 1. The van der Waals surface area contributed by atoms with Gasteiger partial charge in [-0.2, -0.15) is 0 Å². The fraction of sp³-hybridized carbons (Fsp3) is 0.259. The lowest BCUT2D eigenvalue weighted by atomic mass is 9.97. The molecule has 33 heavy (non-hydrogen) atoms. The molecule has 0 aliphatic carbocycles. The van der Waals surface area contributed by atoms with Crippen LogP contribution in [0.1, 0.15) is 34.7 Å². The van der Waals surface area contributed by atoms with Gasteiger partial charge in [0.05, 0.1) is 30.1 Å². The highest BCUT2D eigenvalue weighted by Gasteiger charge is 2.41. The Morgan fingerprint density at radius 2 is 1.82 bits per heavy atom. The summed E-state index contributed by atoms with van der Waals surface area (Å²) in [6, 6.07) is 23.4. The number of ether oxygens (including phenoxy) is 1. The number of nitrogens with zero attached hydrogens (tertiary/aromatic N) is 3. The standard InChI is InChI=1S/C27H28N4OS/c1-18-17-22(19(2)31(18)24-13-8-10-20-9-4-5-11-21(20)24)26-25(23-12-6-7-14-28-23)29-27(33)30(26)15-16-32-3/h4-14,17,25-26H,15-16H2,1-3H3,(H,29,33)/t25-,26-/m0/s1. The third-order valence-electron chi connectivity index (χ3n) is 6.53. The molecule has 0 radical (unpaired) electrons. The van der Waals surface area contributed by atoms with Crippen LogP contribution in [0.15, 0.2) is 72.9 Å². The molecule has 1 fully saturated rings. The van der Waals surface area contributed by atoms with Crippen LogP contribution in [-0.4, -0.2) is 39.8 Å². The monoisotopic (exact) mass is 456 g/mol. The Labute approximate surface area is 200 Å². The highest BCUT2D eigenvalue weighted by molar-refractivity contribution is 7.80. The van der Waals surface area contributed by atoms with E-state index >= 15 is 0 Å². The van der Waals surface area contributed by atoms with Crippen molar-refractivity contribution in [2.45, 2.75) is 25.9 Å². The molecular formula is C27H28N4OS. The second-order valence-corrected chi connectivity index (χ2v) is 8.86. The molecule has 2 aromatic carbocycles. The van der Waals surface area contributed by atoms with Gasteiger partial charge in [0, 0.05) is 36.6 Å². The fourth-order valence-electron chi connectivity index (χ4n) is 5.04. The average molecular weight is 457 g/mol. The van der Waals surface area contributed by atoms with Crippen molar-refractivity contribution >= 4 is 28.1 Å². The largest absolute Gasteiger partial charge is 0.383 e. The molecule has 1 aliphatic rings. The Kier molecular flexibility index (Phi) is 5.87. The normalized spacial score (nSPS) is 18.2. The van der Waals surface area contributed by atoms with E-state index in [1.165, 1.54) is 33.4 Å². The Morgan fingerprint density at radius 1 is 1.03 bits per heavy atom. The van der Waals surface area contributed by atoms with Crippen molar-refractivity contribution < 1.29 is 4.74 Å². The molecule has 1 aliphatic heterocycles. The van der Waals surface area contributed by atoms with Gasteiger partial charge in [-0.1, -0.05) is 42.5 Å². The molecule has 2 atom stereocenters. The van der Waals surface area contributed by atoms with Crippen molar-refractivity contribution in [3.05, 3.63) is 95.6 Å². The van der Waals surface area contributed by atoms with Crippen LogP contribution in [0, 0.1) is 13.8 Å². The van der Waals surface area contributed by atoms with Gasteiger partial charge in [-0.05, 0) is 61.3 Å². The molecule has 2 aromatic heterocycles. The molecule has 3 heterocycles.